The van der Waals surface area contributed by atoms with Gasteiger partial charge in [0.2, 0.25) is 5.91 Å². The Balaban J connectivity index is 1.88. The first-order chi connectivity index (χ1) is 15.0. The number of rotatable bonds is 9. The molecule has 1 aromatic heterocycles. The third-order valence-corrected chi connectivity index (χ3v) is 5.23. The minimum absolute atomic E-state index is 0.0833. The number of carbonyl (C=O) groups is 2. The molecule has 0 aliphatic carbocycles. The molecule has 8 nitrogen and oxygen atoms in total. The van der Waals surface area contributed by atoms with Crippen molar-refractivity contribution in [3.05, 3.63) is 54.1 Å². The van der Waals surface area contributed by atoms with Crippen molar-refractivity contribution in [3.63, 3.8) is 0 Å². The topological polar surface area (TPSA) is 95.3 Å². The molecule has 162 valence electrons. The molecule has 0 spiro atoms. The molecule has 1 heterocycles. The lowest BCUT2D eigenvalue weighted by molar-refractivity contribution is -0.140. The first-order valence-corrected chi connectivity index (χ1v) is 10.7. The largest absolute Gasteiger partial charge is 0.494 e. The van der Waals surface area contributed by atoms with Crippen molar-refractivity contribution < 1.29 is 19.1 Å². The number of benzene rings is 2. The molecular formula is C22H24N4O4S. The SMILES string of the molecule is CCOc1ccc(-n2c(SCC(=O)NCC(=O)OC)nnc2-c2cccc(C)c2)cc1. The zero-order valence-corrected chi connectivity index (χ0v) is 18.4. The van der Waals surface area contributed by atoms with Gasteiger partial charge in [-0.05, 0) is 44.2 Å². The lowest BCUT2D eigenvalue weighted by Crippen LogP contribution is -2.31. The molecule has 0 aliphatic rings. The highest BCUT2D eigenvalue weighted by Gasteiger charge is 2.18. The van der Waals surface area contributed by atoms with E-state index in [2.05, 4.69) is 20.3 Å². The number of nitrogens with one attached hydrogen (secondary N) is 1. The molecular weight excluding hydrogens is 416 g/mol. The number of ether oxygens (including phenoxy) is 2. The van der Waals surface area contributed by atoms with Crippen LogP contribution < -0.4 is 10.1 Å². The van der Waals surface area contributed by atoms with Crippen LogP contribution in [0, 0.1) is 6.92 Å². The van der Waals surface area contributed by atoms with Gasteiger partial charge in [0, 0.05) is 11.3 Å². The number of hydrogen-bond donors (Lipinski definition) is 1. The molecule has 9 heteroatoms. The Kier molecular flexibility index (Phi) is 7.66. The quantitative estimate of drug-likeness (QED) is 0.404. The van der Waals surface area contributed by atoms with Crippen LogP contribution in [0.1, 0.15) is 12.5 Å². The van der Waals surface area contributed by atoms with Crippen LogP contribution in [-0.4, -0.2) is 52.7 Å². The number of aromatic nitrogens is 3. The third-order valence-electron chi connectivity index (χ3n) is 4.31. The summed E-state index contributed by atoms with van der Waals surface area (Å²) in [5, 5.41) is 11.8. The molecule has 31 heavy (non-hydrogen) atoms. The Hall–Kier alpha value is -3.33. The lowest BCUT2D eigenvalue weighted by Gasteiger charge is -2.12. The van der Waals surface area contributed by atoms with E-state index in [4.69, 9.17) is 4.74 Å². The number of methoxy groups -OCH3 is 1. The van der Waals surface area contributed by atoms with Crippen LogP contribution in [0.5, 0.6) is 5.75 Å². The minimum Gasteiger partial charge on any atom is -0.494 e. The van der Waals surface area contributed by atoms with E-state index in [9.17, 15) is 9.59 Å². The fourth-order valence-corrected chi connectivity index (χ4v) is 3.63. The van der Waals surface area contributed by atoms with Crippen molar-refractivity contribution >= 4 is 23.6 Å². The molecule has 0 aliphatic heterocycles. The second kappa shape index (κ2) is 10.6. The van der Waals surface area contributed by atoms with Crippen molar-refractivity contribution in [2.45, 2.75) is 19.0 Å². The van der Waals surface area contributed by atoms with E-state index in [0.717, 1.165) is 22.6 Å². The molecule has 1 amide bonds. The fourth-order valence-electron chi connectivity index (χ4n) is 2.85. The van der Waals surface area contributed by atoms with E-state index in [1.54, 1.807) is 0 Å². The molecule has 0 bridgehead atoms. The van der Waals surface area contributed by atoms with Crippen LogP contribution in [0.3, 0.4) is 0 Å². The minimum atomic E-state index is -0.502. The molecule has 0 saturated heterocycles. The average Bonchev–Trinajstić information content (AvgIpc) is 3.20. The number of amides is 1. The van der Waals surface area contributed by atoms with Gasteiger partial charge in [-0.3, -0.25) is 14.2 Å². The molecule has 3 rings (SSSR count). The van der Waals surface area contributed by atoms with E-state index in [-0.39, 0.29) is 18.2 Å². The van der Waals surface area contributed by atoms with Crippen molar-refractivity contribution in [1.82, 2.24) is 20.1 Å². The van der Waals surface area contributed by atoms with E-state index < -0.39 is 5.97 Å². The van der Waals surface area contributed by atoms with Gasteiger partial charge in [0.15, 0.2) is 11.0 Å². The highest BCUT2D eigenvalue weighted by atomic mass is 32.2. The molecule has 0 atom stereocenters. The summed E-state index contributed by atoms with van der Waals surface area (Å²) in [6.45, 7) is 4.37. The first-order valence-electron chi connectivity index (χ1n) is 9.73. The number of thioether (sulfide) groups is 1. The maximum Gasteiger partial charge on any atom is 0.325 e. The zero-order valence-electron chi connectivity index (χ0n) is 17.6. The van der Waals surface area contributed by atoms with Gasteiger partial charge in [0.25, 0.3) is 0 Å². The van der Waals surface area contributed by atoms with Gasteiger partial charge >= 0.3 is 5.97 Å². The van der Waals surface area contributed by atoms with Gasteiger partial charge in [0.05, 0.1) is 19.5 Å². The number of nitrogens with zero attached hydrogens (tertiary/aromatic N) is 3. The van der Waals surface area contributed by atoms with E-state index in [0.29, 0.717) is 17.6 Å². The maximum absolute atomic E-state index is 12.1. The smallest absolute Gasteiger partial charge is 0.325 e. The van der Waals surface area contributed by atoms with Crippen LogP contribution in [0.4, 0.5) is 0 Å². The van der Waals surface area contributed by atoms with Gasteiger partial charge in [0.1, 0.15) is 12.3 Å². The highest BCUT2D eigenvalue weighted by molar-refractivity contribution is 7.99. The highest BCUT2D eigenvalue weighted by Crippen LogP contribution is 2.29. The Morgan fingerprint density at radius 3 is 2.58 bits per heavy atom. The van der Waals surface area contributed by atoms with Crippen molar-refractivity contribution in [2.75, 3.05) is 26.0 Å². The molecule has 1 N–H and O–H groups in total. The van der Waals surface area contributed by atoms with E-state index in [1.165, 1.54) is 18.9 Å². The summed E-state index contributed by atoms with van der Waals surface area (Å²) in [4.78, 5) is 23.3. The van der Waals surface area contributed by atoms with Gasteiger partial charge < -0.3 is 14.8 Å². The fraction of sp³-hybridized carbons (Fsp3) is 0.273. The number of hydrogen-bond acceptors (Lipinski definition) is 7. The van der Waals surface area contributed by atoms with Crippen LogP contribution in [0.25, 0.3) is 17.1 Å². The summed E-state index contributed by atoms with van der Waals surface area (Å²) in [7, 11) is 1.27. The van der Waals surface area contributed by atoms with E-state index >= 15 is 0 Å². The summed E-state index contributed by atoms with van der Waals surface area (Å²) in [6.07, 6.45) is 0. The zero-order chi connectivity index (χ0) is 22.2. The third kappa shape index (κ3) is 5.85. The maximum atomic E-state index is 12.1. The van der Waals surface area contributed by atoms with Gasteiger partial charge in [-0.1, -0.05) is 35.5 Å². The Bertz CT molecular complexity index is 1050. The second-order valence-electron chi connectivity index (χ2n) is 6.58. The standard InChI is InChI=1S/C22H24N4O4S/c1-4-30-18-10-8-17(9-11-18)26-21(16-7-5-6-15(2)12-16)24-25-22(26)31-14-19(27)23-13-20(28)29-3/h5-12H,4,13-14H2,1-3H3,(H,23,27). The summed E-state index contributed by atoms with van der Waals surface area (Å²) in [6, 6.07) is 15.6. The van der Waals surface area contributed by atoms with Gasteiger partial charge in [-0.25, -0.2) is 0 Å². The van der Waals surface area contributed by atoms with Gasteiger partial charge in [-0.15, -0.1) is 10.2 Å². The molecule has 0 saturated carbocycles. The Morgan fingerprint density at radius 1 is 1.13 bits per heavy atom. The van der Waals surface area contributed by atoms with Crippen LogP contribution >= 0.6 is 11.8 Å². The molecule has 0 radical (unpaired) electrons. The summed E-state index contributed by atoms with van der Waals surface area (Å²) in [5.74, 6) is 0.726. The van der Waals surface area contributed by atoms with Crippen LogP contribution in [0.2, 0.25) is 0 Å². The number of esters is 1. The molecule has 2 aromatic carbocycles. The van der Waals surface area contributed by atoms with Crippen molar-refractivity contribution in [3.8, 4) is 22.8 Å². The molecule has 0 unspecified atom stereocenters. The van der Waals surface area contributed by atoms with Crippen LogP contribution in [0.15, 0.2) is 53.7 Å². The van der Waals surface area contributed by atoms with Crippen LogP contribution in [-0.2, 0) is 14.3 Å². The lowest BCUT2D eigenvalue weighted by atomic mass is 10.1. The Morgan fingerprint density at radius 2 is 1.90 bits per heavy atom. The predicted octanol–water partition coefficient (Wildman–Crippen LogP) is 3.02. The number of carbonyl (C=O) groups excluding carboxylic acids is 2. The van der Waals surface area contributed by atoms with Crippen molar-refractivity contribution in [2.24, 2.45) is 0 Å². The Labute approximate surface area is 185 Å². The monoisotopic (exact) mass is 440 g/mol. The predicted molar refractivity (Wildman–Crippen MR) is 118 cm³/mol. The second-order valence-corrected chi connectivity index (χ2v) is 7.52. The first kappa shape index (κ1) is 22.4. The number of aryl methyl sites for hydroxylation is 1. The molecule has 3 aromatic rings. The summed E-state index contributed by atoms with van der Waals surface area (Å²) >= 11 is 1.24. The average molecular weight is 441 g/mol. The van der Waals surface area contributed by atoms with Crippen molar-refractivity contribution in [1.29, 1.82) is 0 Å². The summed E-state index contributed by atoms with van der Waals surface area (Å²) in [5.41, 5.74) is 2.88. The van der Waals surface area contributed by atoms with E-state index in [1.807, 2.05) is 66.9 Å². The van der Waals surface area contributed by atoms with Gasteiger partial charge in [-0.2, -0.15) is 0 Å². The summed E-state index contributed by atoms with van der Waals surface area (Å²) < 4.78 is 12.0. The molecule has 0 fully saturated rings. The normalized spacial score (nSPS) is 10.5.